The molecular formula is C13H21N11O2. The average molecular weight is 363 g/mol. The van der Waals surface area contributed by atoms with Crippen LogP contribution in [0.25, 0.3) is 0 Å². The minimum Gasteiger partial charge on any atom is -0.350 e. The number of amides is 4. The smallest absolute Gasteiger partial charge is 0.336 e. The van der Waals surface area contributed by atoms with Crippen LogP contribution in [0.1, 0.15) is 24.3 Å². The zero-order valence-corrected chi connectivity index (χ0v) is 14.5. The van der Waals surface area contributed by atoms with E-state index < -0.39 is 12.1 Å². The first-order valence-corrected chi connectivity index (χ1v) is 7.69. The number of hydrazine groups is 2. The molecule has 0 bridgehead atoms. The van der Waals surface area contributed by atoms with Gasteiger partial charge in [0.25, 0.3) is 11.9 Å². The summed E-state index contributed by atoms with van der Waals surface area (Å²) < 4.78 is 1.96. The number of urea groups is 2. The Morgan fingerprint density at radius 2 is 1.58 bits per heavy atom. The Hall–Kier alpha value is -3.32. The standard InChI is InChI=1S/C13H21N11O2/c1-3-9-18-7(2)6-22(9)5-4-8-19-12(23(16)10(14)25)21-13(20-8)24(17)11(15)26/h6H,3-5,16-17H2,1-2H3,(H2,14,25)(H2,15,26). The zero-order chi connectivity index (χ0) is 19.4. The van der Waals surface area contributed by atoms with Crippen LogP contribution >= 0.6 is 0 Å². The topological polar surface area (TPSA) is 201 Å². The molecule has 2 heterocycles. The number of rotatable bonds is 6. The number of aromatic nitrogens is 5. The van der Waals surface area contributed by atoms with Crippen LogP contribution in [0.4, 0.5) is 21.5 Å². The number of imidazole rings is 1. The summed E-state index contributed by atoms with van der Waals surface area (Å²) in [5.74, 6) is 11.7. The van der Waals surface area contributed by atoms with Crippen molar-refractivity contribution >= 4 is 24.0 Å². The van der Waals surface area contributed by atoms with E-state index in [9.17, 15) is 9.59 Å². The second-order valence-electron chi connectivity index (χ2n) is 5.36. The first-order valence-electron chi connectivity index (χ1n) is 7.69. The molecule has 0 radical (unpaired) electrons. The van der Waals surface area contributed by atoms with Crippen LogP contribution in [0, 0.1) is 6.92 Å². The van der Waals surface area contributed by atoms with Crippen molar-refractivity contribution in [3.05, 3.63) is 23.5 Å². The molecule has 2 rings (SSSR count). The lowest BCUT2D eigenvalue weighted by molar-refractivity contribution is 0.253. The number of carbonyl (C=O) groups is 2. The number of anilines is 2. The Labute approximate surface area is 148 Å². The normalized spacial score (nSPS) is 10.6. The zero-order valence-electron chi connectivity index (χ0n) is 14.5. The van der Waals surface area contributed by atoms with E-state index in [0.717, 1.165) is 17.9 Å². The summed E-state index contributed by atoms with van der Waals surface area (Å²) in [6, 6.07) is -1.98. The van der Waals surface area contributed by atoms with E-state index in [1.807, 2.05) is 24.6 Å². The quantitative estimate of drug-likeness (QED) is 0.275. The SMILES string of the molecule is CCc1nc(C)cn1CCc1nc(N(N)C(N)=O)nc(N(N)C(N)=O)n1. The first-order chi connectivity index (χ1) is 12.2. The van der Waals surface area contributed by atoms with Crippen molar-refractivity contribution < 1.29 is 9.59 Å². The van der Waals surface area contributed by atoms with Gasteiger partial charge in [0.05, 0.1) is 5.69 Å². The number of nitrogens with zero attached hydrogens (tertiary/aromatic N) is 7. The fourth-order valence-electron chi connectivity index (χ4n) is 2.21. The number of aryl methyl sites for hydroxylation is 4. The van der Waals surface area contributed by atoms with Crippen LogP contribution in [0.15, 0.2) is 6.20 Å². The Balaban J connectivity index is 2.33. The molecule has 0 unspecified atom stereocenters. The van der Waals surface area contributed by atoms with Gasteiger partial charge in [0.2, 0.25) is 0 Å². The van der Waals surface area contributed by atoms with Crippen molar-refractivity contribution in [1.82, 2.24) is 24.5 Å². The van der Waals surface area contributed by atoms with Crippen LogP contribution in [-0.4, -0.2) is 36.6 Å². The van der Waals surface area contributed by atoms with Crippen LogP contribution in [0.3, 0.4) is 0 Å². The summed E-state index contributed by atoms with van der Waals surface area (Å²) in [5.41, 5.74) is 11.1. The van der Waals surface area contributed by atoms with Crippen LogP contribution < -0.4 is 33.2 Å². The second kappa shape index (κ2) is 7.71. The van der Waals surface area contributed by atoms with Crippen molar-refractivity contribution in [1.29, 1.82) is 0 Å². The van der Waals surface area contributed by atoms with Crippen molar-refractivity contribution in [2.24, 2.45) is 23.2 Å². The highest BCUT2D eigenvalue weighted by molar-refractivity contribution is 5.89. The second-order valence-corrected chi connectivity index (χ2v) is 5.36. The van der Waals surface area contributed by atoms with Crippen LogP contribution in [-0.2, 0) is 19.4 Å². The van der Waals surface area contributed by atoms with Gasteiger partial charge in [0.1, 0.15) is 11.6 Å². The number of hydrogen-bond donors (Lipinski definition) is 4. The molecule has 0 spiro atoms. The summed E-state index contributed by atoms with van der Waals surface area (Å²) in [4.78, 5) is 38.9. The molecule has 0 atom stereocenters. The van der Waals surface area contributed by atoms with Gasteiger partial charge in [-0.3, -0.25) is 0 Å². The molecule has 8 N–H and O–H groups in total. The fraction of sp³-hybridized carbons (Fsp3) is 0.385. The van der Waals surface area contributed by atoms with Gasteiger partial charge in [-0.1, -0.05) is 6.92 Å². The van der Waals surface area contributed by atoms with Gasteiger partial charge in [-0.05, 0) is 6.92 Å². The molecule has 0 fully saturated rings. The molecule has 4 amide bonds. The van der Waals surface area contributed by atoms with Gasteiger partial charge < -0.3 is 16.0 Å². The minimum atomic E-state index is -0.991. The third kappa shape index (κ3) is 4.20. The van der Waals surface area contributed by atoms with Gasteiger partial charge in [0.15, 0.2) is 0 Å². The Morgan fingerprint density at radius 1 is 1.04 bits per heavy atom. The van der Waals surface area contributed by atoms with Gasteiger partial charge in [-0.2, -0.15) is 25.0 Å². The van der Waals surface area contributed by atoms with Crippen LogP contribution in [0.5, 0.6) is 0 Å². The largest absolute Gasteiger partial charge is 0.350 e. The molecule has 0 saturated carbocycles. The first kappa shape index (κ1) is 19.0. The van der Waals surface area contributed by atoms with Crippen molar-refractivity contribution in [2.45, 2.75) is 33.2 Å². The van der Waals surface area contributed by atoms with Crippen LogP contribution in [0.2, 0.25) is 0 Å². The number of hydrogen-bond acceptors (Lipinski definition) is 8. The predicted molar refractivity (Wildman–Crippen MR) is 92.4 cm³/mol. The summed E-state index contributed by atoms with van der Waals surface area (Å²) in [5, 5.41) is 1.03. The number of carbonyl (C=O) groups excluding carboxylic acids is 2. The van der Waals surface area contributed by atoms with Crippen molar-refractivity contribution in [3.8, 4) is 0 Å². The lowest BCUT2D eigenvalue weighted by Gasteiger charge is -2.17. The number of nitrogens with two attached hydrogens (primary N) is 4. The summed E-state index contributed by atoms with van der Waals surface area (Å²) in [7, 11) is 0. The van der Waals surface area contributed by atoms with E-state index in [1.165, 1.54) is 0 Å². The summed E-state index contributed by atoms with van der Waals surface area (Å²) in [6.45, 7) is 4.40. The molecule has 26 heavy (non-hydrogen) atoms. The molecule has 140 valence electrons. The third-order valence-electron chi connectivity index (χ3n) is 3.44. The van der Waals surface area contributed by atoms with Crippen molar-refractivity contribution in [2.75, 3.05) is 10.0 Å². The Bertz CT molecular complexity index is 780. The molecule has 2 aromatic rings. The van der Waals surface area contributed by atoms with E-state index >= 15 is 0 Å². The molecule has 0 aromatic carbocycles. The maximum absolute atomic E-state index is 11.3. The molecular weight excluding hydrogens is 342 g/mol. The highest BCUT2D eigenvalue weighted by atomic mass is 16.2. The summed E-state index contributed by atoms with van der Waals surface area (Å²) in [6.07, 6.45) is 3.00. The molecule has 0 aliphatic heterocycles. The van der Waals surface area contributed by atoms with Gasteiger partial charge >= 0.3 is 12.1 Å². The van der Waals surface area contributed by atoms with Gasteiger partial charge in [-0.15, -0.1) is 0 Å². The van der Waals surface area contributed by atoms with E-state index in [1.54, 1.807) is 0 Å². The van der Waals surface area contributed by atoms with E-state index in [0.29, 0.717) is 23.0 Å². The Kier molecular flexibility index (Phi) is 5.64. The van der Waals surface area contributed by atoms with Crippen molar-refractivity contribution in [3.63, 3.8) is 0 Å². The highest BCUT2D eigenvalue weighted by Gasteiger charge is 2.19. The maximum atomic E-state index is 11.3. The van der Waals surface area contributed by atoms with E-state index in [-0.39, 0.29) is 17.7 Å². The lowest BCUT2D eigenvalue weighted by atomic mass is 10.3. The predicted octanol–water partition coefficient (Wildman–Crippen LogP) is -1.30. The Morgan fingerprint density at radius 3 is 2.04 bits per heavy atom. The maximum Gasteiger partial charge on any atom is 0.336 e. The molecule has 0 saturated heterocycles. The molecule has 0 aliphatic rings. The minimum absolute atomic E-state index is 0.242. The van der Waals surface area contributed by atoms with Gasteiger partial charge in [0, 0.05) is 25.6 Å². The molecule has 0 aliphatic carbocycles. The fourth-order valence-corrected chi connectivity index (χ4v) is 2.21. The lowest BCUT2D eigenvalue weighted by Crippen LogP contribution is -2.45. The average Bonchev–Trinajstić information content (AvgIpc) is 2.97. The monoisotopic (exact) mass is 363 g/mol. The molecule has 13 heteroatoms. The van der Waals surface area contributed by atoms with Gasteiger partial charge in [-0.25, -0.2) is 26.3 Å². The number of primary amides is 2. The third-order valence-corrected chi connectivity index (χ3v) is 3.44. The highest BCUT2D eigenvalue weighted by Crippen LogP contribution is 2.12. The molecule has 13 nitrogen and oxygen atoms in total. The summed E-state index contributed by atoms with van der Waals surface area (Å²) >= 11 is 0. The van der Waals surface area contributed by atoms with E-state index in [4.69, 9.17) is 23.2 Å². The molecule has 2 aromatic heterocycles. The van der Waals surface area contributed by atoms with E-state index in [2.05, 4.69) is 19.9 Å².